The molecule has 0 aliphatic carbocycles. The molecule has 0 aromatic carbocycles. The number of hydrogen-bond acceptors (Lipinski definition) is 6. The lowest BCUT2D eigenvalue weighted by atomic mass is 10.3. The molecule has 0 amide bonds. The lowest BCUT2D eigenvalue weighted by Gasteiger charge is -2.21. The van der Waals surface area contributed by atoms with Crippen molar-refractivity contribution in [3.8, 4) is 0 Å². The number of rotatable bonds is 9. The first-order valence-electron chi connectivity index (χ1n) is 5.39. The number of esters is 1. The first kappa shape index (κ1) is 17.1. The summed E-state index contributed by atoms with van der Waals surface area (Å²) in [4.78, 5) is 33.1. The number of ether oxygens (including phenoxy) is 1. The third kappa shape index (κ3) is 8.75. The molecular weight excluding hydrogens is 258 g/mol. The quantitative estimate of drug-likeness (QED) is 0.359. The van der Waals surface area contributed by atoms with Crippen molar-refractivity contribution in [2.75, 3.05) is 26.2 Å². The summed E-state index contributed by atoms with van der Waals surface area (Å²) in [5.41, 5.74) is 0.167. The van der Waals surface area contributed by atoms with Gasteiger partial charge in [0.25, 0.3) is 0 Å². The van der Waals surface area contributed by atoms with Gasteiger partial charge in [-0.2, -0.15) is 0 Å². The molecule has 0 heterocycles. The van der Waals surface area contributed by atoms with Gasteiger partial charge in [-0.3, -0.25) is 14.5 Å². The Hall–Kier alpha value is -1.93. The van der Waals surface area contributed by atoms with Crippen molar-refractivity contribution in [2.45, 2.75) is 13.0 Å². The summed E-state index contributed by atoms with van der Waals surface area (Å²) in [6.45, 7) is 3.14. The molecule has 0 bridgehead atoms. The van der Waals surface area contributed by atoms with Crippen LogP contribution in [0.1, 0.15) is 6.92 Å². The molecule has 1 unspecified atom stereocenters. The predicted octanol–water partition coefficient (Wildman–Crippen LogP) is -1.06. The number of aliphatic carboxylic acids is 2. The average Bonchev–Trinajstić information content (AvgIpc) is 2.23. The first-order valence-corrected chi connectivity index (χ1v) is 5.39. The van der Waals surface area contributed by atoms with Crippen LogP contribution in [0.3, 0.4) is 0 Å². The maximum absolute atomic E-state index is 11.1. The SMILES string of the molecule is C=C(C)C(=O)OCC(O)CN(CC(=O)O)CC(=O)O. The van der Waals surface area contributed by atoms with Gasteiger partial charge in [0.05, 0.1) is 13.1 Å². The minimum atomic E-state index is -1.22. The molecule has 3 N–H and O–H groups in total. The van der Waals surface area contributed by atoms with Crippen LogP contribution >= 0.6 is 0 Å². The van der Waals surface area contributed by atoms with Gasteiger partial charge in [-0.05, 0) is 6.92 Å². The molecule has 0 aliphatic rings. The van der Waals surface area contributed by atoms with Crippen LogP contribution in [-0.4, -0.2) is 70.5 Å². The van der Waals surface area contributed by atoms with Gasteiger partial charge >= 0.3 is 17.9 Å². The third-order valence-electron chi connectivity index (χ3n) is 1.94. The second-order valence-electron chi connectivity index (χ2n) is 3.99. The highest BCUT2D eigenvalue weighted by molar-refractivity contribution is 5.86. The van der Waals surface area contributed by atoms with Crippen molar-refractivity contribution < 1.29 is 34.4 Å². The van der Waals surface area contributed by atoms with Gasteiger partial charge in [-0.25, -0.2) is 4.79 Å². The largest absolute Gasteiger partial charge is 0.480 e. The fraction of sp³-hybridized carbons (Fsp3) is 0.545. The van der Waals surface area contributed by atoms with Crippen LogP contribution in [0, 0.1) is 0 Å². The minimum Gasteiger partial charge on any atom is -0.480 e. The summed E-state index contributed by atoms with van der Waals surface area (Å²) in [5, 5.41) is 26.7. The second kappa shape index (κ2) is 8.22. The number of hydrogen-bond donors (Lipinski definition) is 3. The van der Waals surface area contributed by atoms with Gasteiger partial charge in [0.1, 0.15) is 12.7 Å². The highest BCUT2D eigenvalue weighted by Crippen LogP contribution is 1.97. The smallest absolute Gasteiger partial charge is 0.333 e. The third-order valence-corrected chi connectivity index (χ3v) is 1.94. The van der Waals surface area contributed by atoms with E-state index in [0.29, 0.717) is 0 Å². The normalized spacial score (nSPS) is 11.9. The van der Waals surface area contributed by atoms with E-state index in [1.807, 2.05) is 0 Å². The zero-order chi connectivity index (χ0) is 15.0. The summed E-state index contributed by atoms with van der Waals surface area (Å²) >= 11 is 0. The van der Waals surface area contributed by atoms with E-state index < -0.39 is 37.1 Å². The molecule has 0 radical (unpaired) electrons. The van der Waals surface area contributed by atoms with Crippen LogP contribution in [0.4, 0.5) is 0 Å². The van der Waals surface area contributed by atoms with E-state index in [-0.39, 0.29) is 18.7 Å². The first-order chi connectivity index (χ1) is 8.72. The number of aliphatic hydroxyl groups is 1. The van der Waals surface area contributed by atoms with Gasteiger partial charge in [-0.1, -0.05) is 6.58 Å². The van der Waals surface area contributed by atoms with Crippen LogP contribution in [0.15, 0.2) is 12.2 Å². The summed E-state index contributed by atoms with van der Waals surface area (Å²) in [6, 6.07) is 0. The van der Waals surface area contributed by atoms with E-state index in [2.05, 4.69) is 11.3 Å². The molecular formula is C11H17NO7. The molecule has 1 atom stereocenters. The van der Waals surface area contributed by atoms with E-state index in [9.17, 15) is 19.5 Å². The van der Waals surface area contributed by atoms with Crippen molar-refractivity contribution in [1.29, 1.82) is 0 Å². The van der Waals surface area contributed by atoms with E-state index in [0.717, 1.165) is 4.90 Å². The van der Waals surface area contributed by atoms with Crippen molar-refractivity contribution in [1.82, 2.24) is 4.90 Å². The molecule has 0 aliphatic heterocycles. The fourth-order valence-corrected chi connectivity index (χ4v) is 1.21. The molecule has 0 saturated carbocycles. The highest BCUT2D eigenvalue weighted by Gasteiger charge is 2.18. The van der Waals surface area contributed by atoms with Crippen molar-refractivity contribution >= 4 is 17.9 Å². The average molecular weight is 275 g/mol. The predicted molar refractivity (Wildman–Crippen MR) is 63.5 cm³/mol. The molecule has 0 saturated heterocycles. The minimum absolute atomic E-state index is 0.167. The molecule has 0 fully saturated rings. The van der Waals surface area contributed by atoms with E-state index in [1.54, 1.807) is 0 Å². The molecule has 0 aromatic heterocycles. The maximum Gasteiger partial charge on any atom is 0.333 e. The number of nitrogens with zero attached hydrogens (tertiary/aromatic N) is 1. The lowest BCUT2D eigenvalue weighted by molar-refractivity contribution is -0.146. The molecule has 8 heteroatoms. The van der Waals surface area contributed by atoms with Crippen molar-refractivity contribution in [3.05, 3.63) is 12.2 Å². The number of carboxylic acid groups (broad SMARTS) is 2. The molecule has 8 nitrogen and oxygen atoms in total. The Morgan fingerprint density at radius 2 is 1.68 bits per heavy atom. The van der Waals surface area contributed by atoms with Crippen LogP contribution in [0.5, 0.6) is 0 Å². The lowest BCUT2D eigenvalue weighted by Crippen LogP contribution is -2.41. The zero-order valence-corrected chi connectivity index (χ0v) is 10.5. The van der Waals surface area contributed by atoms with Gasteiger partial charge in [0, 0.05) is 12.1 Å². The molecule has 19 heavy (non-hydrogen) atoms. The van der Waals surface area contributed by atoms with E-state index in [4.69, 9.17) is 10.2 Å². The summed E-state index contributed by atoms with van der Waals surface area (Å²) in [6.07, 6.45) is -1.18. The fourth-order valence-electron chi connectivity index (χ4n) is 1.21. The van der Waals surface area contributed by atoms with Crippen LogP contribution in [0.2, 0.25) is 0 Å². The monoisotopic (exact) mass is 275 g/mol. The van der Waals surface area contributed by atoms with Crippen molar-refractivity contribution in [3.63, 3.8) is 0 Å². The van der Waals surface area contributed by atoms with E-state index in [1.165, 1.54) is 6.92 Å². The highest BCUT2D eigenvalue weighted by atomic mass is 16.5. The van der Waals surface area contributed by atoms with Gasteiger partial charge in [-0.15, -0.1) is 0 Å². The number of aliphatic hydroxyl groups excluding tert-OH is 1. The maximum atomic E-state index is 11.1. The van der Waals surface area contributed by atoms with Gasteiger partial charge in [0.2, 0.25) is 0 Å². The van der Waals surface area contributed by atoms with Crippen LogP contribution in [-0.2, 0) is 19.1 Å². The van der Waals surface area contributed by atoms with Crippen LogP contribution in [0.25, 0.3) is 0 Å². The van der Waals surface area contributed by atoms with E-state index >= 15 is 0 Å². The Labute approximate surface area is 109 Å². The molecule has 108 valence electrons. The molecule has 0 spiro atoms. The Balaban J connectivity index is 4.25. The van der Waals surface area contributed by atoms with Gasteiger partial charge in [0.15, 0.2) is 0 Å². The van der Waals surface area contributed by atoms with Gasteiger partial charge < -0.3 is 20.1 Å². The Morgan fingerprint density at radius 3 is 2.05 bits per heavy atom. The Morgan fingerprint density at radius 1 is 1.21 bits per heavy atom. The summed E-state index contributed by atoms with van der Waals surface area (Å²) < 4.78 is 4.67. The zero-order valence-electron chi connectivity index (χ0n) is 10.5. The topological polar surface area (TPSA) is 124 Å². The van der Waals surface area contributed by atoms with Crippen LogP contribution < -0.4 is 0 Å². The number of carbonyl (C=O) groups excluding carboxylic acids is 1. The summed E-state index contributed by atoms with van der Waals surface area (Å²) in [7, 11) is 0. The Kier molecular flexibility index (Phi) is 7.39. The van der Waals surface area contributed by atoms with Crippen molar-refractivity contribution in [2.24, 2.45) is 0 Å². The standard InChI is InChI=1S/C11H17NO7/c1-7(2)11(18)19-6-8(13)3-12(4-9(14)15)5-10(16)17/h8,13H,1,3-6H2,2H3,(H,14,15)(H,16,17). The summed E-state index contributed by atoms with van der Waals surface area (Å²) in [5.74, 6) is -3.11. The number of carbonyl (C=O) groups is 3. The Bertz CT molecular complexity index is 350. The molecule has 0 aromatic rings. The molecule has 0 rings (SSSR count). The second-order valence-corrected chi connectivity index (χ2v) is 3.99. The number of carboxylic acids is 2.